The minimum Gasteiger partial charge on any atom is -0.461 e. The Balaban J connectivity index is 1.63. The van der Waals surface area contributed by atoms with E-state index in [0.717, 1.165) is 12.1 Å². The summed E-state index contributed by atoms with van der Waals surface area (Å²) in [6.07, 6.45) is 2.52. The SMILES string of the molecule is CC(CNCC1CCCN1C)C(=O)OCc1ccccc1. The fraction of sp³-hybridized carbons (Fsp3) is 0.588. The maximum absolute atomic E-state index is 11.9. The lowest BCUT2D eigenvalue weighted by atomic mass is 10.1. The smallest absolute Gasteiger partial charge is 0.310 e. The molecule has 0 bridgehead atoms. The Kier molecular flexibility index (Phi) is 6.21. The Morgan fingerprint density at radius 3 is 2.86 bits per heavy atom. The second kappa shape index (κ2) is 8.15. The van der Waals surface area contributed by atoms with Gasteiger partial charge in [-0.2, -0.15) is 0 Å². The summed E-state index contributed by atoms with van der Waals surface area (Å²) in [6, 6.07) is 10.4. The minimum atomic E-state index is -0.133. The van der Waals surface area contributed by atoms with Gasteiger partial charge in [-0.15, -0.1) is 0 Å². The number of likely N-dealkylation sites (N-methyl/N-ethyl adjacent to an activating group) is 1. The Morgan fingerprint density at radius 2 is 2.19 bits per heavy atom. The van der Waals surface area contributed by atoms with E-state index in [4.69, 9.17) is 4.74 Å². The van der Waals surface area contributed by atoms with Crippen LogP contribution >= 0.6 is 0 Å². The van der Waals surface area contributed by atoms with Crippen LogP contribution in [-0.4, -0.2) is 43.6 Å². The predicted octanol–water partition coefficient (Wildman–Crippen LogP) is 2.05. The molecule has 2 unspecified atom stereocenters. The first-order valence-corrected chi connectivity index (χ1v) is 7.78. The monoisotopic (exact) mass is 290 g/mol. The standard InChI is InChI=1S/C17H26N2O2/c1-14(11-18-12-16-9-6-10-19(16)2)17(20)21-13-15-7-4-3-5-8-15/h3-5,7-8,14,16,18H,6,9-13H2,1-2H3. The lowest BCUT2D eigenvalue weighted by molar-refractivity contribution is -0.149. The summed E-state index contributed by atoms with van der Waals surface area (Å²) >= 11 is 0. The zero-order chi connectivity index (χ0) is 15.1. The maximum atomic E-state index is 11.9. The zero-order valence-electron chi connectivity index (χ0n) is 13.0. The van der Waals surface area contributed by atoms with Crippen LogP contribution in [0.2, 0.25) is 0 Å². The Bertz CT molecular complexity index is 436. The van der Waals surface area contributed by atoms with Crippen molar-refractivity contribution in [3.05, 3.63) is 35.9 Å². The number of carbonyl (C=O) groups is 1. The molecule has 1 aliphatic rings. The van der Waals surface area contributed by atoms with Crippen LogP contribution in [0.3, 0.4) is 0 Å². The number of carbonyl (C=O) groups excluding carboxylic acids is 1. The molecule has 1 fully saturated rings. The van der Waals surface area contributed by atoms with Crippen LogP contribution < -0.4 is 5.32 Å². The van der Waals surface area contributed by atoms with Gasteiger partial charge in [-0.25, -0.2) is 0 Å². The van der Waals surface area contributed by atoms with Crippen molar-refractivity contribution >= 4 is 5.97 Å². The molecule has 1 aromatic carbocycles. The van der Waals surface area contributed by atoms with Crippen molar-refractivity contribution in [3.8, 4) is 0 Å². The number of likely N-dealkylation sites (tertiary alicyclic amines) is 1. The number of esters is 1. The normalized spacial score (nSPS) is 20.4. The Labute approximate surface area is 127 Å². The molecular weight excluding hydrogens is 264 g/mol. The Morgan fingerprint density at radius 1 is 1.43 bits per heavy atom. The molecule has 4 heteroatoms. The highest BCUT2D eigenvalue weighted by Gasteiger charge is 2.21. The van der Waals surface area contributed by atoms with Gasteiger partial charge < -0.3 is 15.0 Å². The molecule has 1 aromatic rings. The molecule has 21 heavy (non-hydrogen) atoms. The fourth-order valence-corrected chi connectivity index (χ4v) is 2.66. The molecule has 2 atom stereocenters. The van der Waals surface area contributed by atoms with Crippen molar-refractivity contribution in [1.82, 2.24) is 10.2 Å². The third-order valence-corrected chi connectivity index (χ3v) is 4.13. The third kappa shape index (κ3) is 5.14. The lowest BCUT2D eigenvalue weighted by Crippen LogP contribution is -2.38. The van der Waals surface area contributed by atoms with Gasteiger partial charge in [0.1, 0.15) is 6.61 Å². The summed E-state index contributed by atoms with van der Waals surface area (Å²) in [7, 11) is 2.16. The van der Waals surface area contributed by atoms with E-state index in [-0.39, 0.29) is 11.9 Å². The molecule has 1 N–H and O–H groups in total. The molecule has 0 aromatic heterocycles. The van der Waals surface area contributed by atoms with Crippen LogP contribution in [0, 0.1) is 5.92 Å². The molecule has 0 radical (unpaired) electrons. The van der Waals surface area contributed by atoms with Gasteiger partial charge in [0.2, 0.25) is 0 Å². The van der Waals surface area contributed by atoms with Gasteiger partial charge in [-0.3, -0.25) is 4.79 Å². The van der Waals surface area contributed by atoms with E-state index in [1.54, 1.807) is 0 Å². The average molecular weight is 290 g/mol. The van der Waals surface area contributed by atoms with E-state index >= 15 is 0 Å². The second-order valence-electron chi connectivity index (χ2n) is 5.93. The number of hydrogen-bond acceptors (Lipinski definition) is 4. The van der Waals surface area contributed by atoms with E-state index in [1.807, 2.05) is 37.3 Å². The highest BCUT2D eigenvalue weighted by Crippen LogP contribution is 2.13. The molecular formula is C17H26N2O2. The van der Waals surface area contributed by atoms with E-state index in [2.05, 4.69) is 17.3 Å². The van der Waals surface area contributed by atoms with Crippen LogP contribution in [0.5, 0.6) is 0 Å². The molecule has 0 aliphatic carbocycles. The summed E-state index contributed by atoms with van der Waals surface area (Å²) in [5.41, 5.74) is 1.03. The summed E-state index contributed by atoms with van der Waals surface area (Å²) in [5.74, 6) is -0.244. The molecule has 4 nitrogen and oxygen atoms in total. The topological polar surface area (TPSA) is 41.6 Å². The zero-order valence-corrected chi connectivity index (χ0v) is 13.0. The van der Waals surface area contributed by atoms with Crippen molar-refractivity contribution in [2.45, 2.75) is 32.4 Å². The fourth-order valence-electron chi connectivity index (χ4n) is 2.66. The van der Waals surface area contributed by atoms with Gasteiger partial charge in [0.15, 0.2) is 0 Å². The van der Waals surface area contributed by atoms with E-state index in [0.29, 0.717) is 19.2 Å². The number of benzene rings is 1. The lowest BCUT2D eigenvalue weighted by Gasteiger charge is -2.20. The van der Waals surface area contributed by atoms with Gasteiger partial charge in [-0.05, 0) is 32.0 Å². The van der Waals surface area contributed by atoms with Gasteiger partial charge in [0.05, 0.1) is 5.92 Å². The first kappa shape index (κ1) is 16.0. The summed E-state index contributed by atoms with van der Waals surface area (Å²) < 4.78 is 5.34. The van der Waals surface area contributed by atoms with Crippen LogP contribution in [0.4, 0.5) is 0 Å². The van der Waals surface area contributed by atoms with Crippen LogP contribution in [-0.2, 0) is 16.1 Å². The summed E-state index contributed by atoms with van der Waals surface area (Å²) in [6.45, 7) is 5.08. The van der Waals surface area contributed by atoms with E-state index in [1.165, 1.54) is 19.4 Å². The average Bonchev–Trinajstić information content (AvgIpc) is 2.91. The predicted molar refractivity (Wildman–Crippen MR) is 83.9 cm³/mol. The molecule has 0 saturated carbocycles. The highest BCUT2D eigenvalue weighted by molar-refractivity contribution is 5.72. The van der Waals surface area contributed by atoms with Crippen LogP contribution in [0.25, 0.3) is 0 Å². The molecule has 1 heterocycles. The number of nitrogens with zero attached hydrogens (tertiary/aromatic N) is 1. The third-order valence-electron chi connectivity index (χ3n) is 4.13. The molecule has 1 aliphatic heterocycles. The van der Waals surface area contributed by atoms with Crippen LogP contribution in [0.15, 0.2) is 30.3 Å². The number of hydrogen-bond donors (Lipinski definition) is 1. The first-order valence-electron chi connectivity index (χ1n) is 7.78. The molecule has 2 rings (SSSR count). The van der Waals surface area contributed by atoms with Gasteiger partial charge in [0, 0.05) is 19.1 Å². The number of rotatable bonds is 7. The van der Waals surface area contributed by atoms with Crippen molar-refractivity contribution in [2.75, 3.05) is 26.7 Å². The van der Waals surface area contributed by atoms with Gasteiger partial charge in [-0.1, -0.05) is 37.3 Å². The largest absolute Gasteiger partial charge is 0.461 e. The first-order chi connectivity index (χ1) is 10.2. The van der Waals surface area contributed by atoms with E-state index < -0.39 is 0 Å². The quantitative estimate of drug-likeness (QED) is 0.780. The molecule has 116 valence electrons. The number of nitrogens with one attached hydrogen (secondary N) is 1. The van der Waals surface area contributed by atoms with Crippen molar-refractivity contribution < 1.29 is 9.53 Å². The molecule has 0 amide bonds. The Hall–Kier alpha value is -1.39. The maximum Gasteiger partial charge on any atom is 0.310 e. The van der Waals surface area contributed by atoms with Crippen LogP contribution in [0.1, 0.15) is 25.3 Å². The van der Waals surface area contributed by atoms with Crippen molar-refractivity contribution in [2.24, 2.45) is 5.92 Å². The van der Waals surface area contributed by atoms with Gasteiger partial charge in [0.25, 0.3) is 0 Å². The number of ether oxygens (including phenoxy) is 1. The molecule has 0 spiro atoms. The molecule has 1 saturated heterocycles. The van der Waals surface area contributed by atoms with Crippen molar-refractivity contribution in [3.63, 3.8) is 0 Å². The second-order valence-corrected chi connectivity index (χ2v) is 5.93. The minimum absolute atomic E-state index is 0.111. The highest BCUT2D eigenvalue weighted by atomic mass is 16.5. The summed E-state index contributed by atoms with van der Waals surface area (Å²) in [5, 5.41) is 3.39. The van der Waals surface area contributed by atoms with Gasteiger partial charge >= 0.3 is 5.97 Å². The van der Waals surface area contributed by atoms with E-state index in [9.17, 15) is 4.79 Å². The van der Waals surface area contributed by atoms with Crippen molar-refractivity contribution in [1.29, 1.82) is 0 Å². The summed E-state index contributed by atoms with van der Waals surface area (Å²) in [4.78, 5) is 14.3.